The molecule has 3 nitrogen and oxygen atoms in total. The van der Waals surface area contributed by atoms with Crippen LogP contribution in [-0.4, -0.2) is 22.8 Å². The number of nitrogens with zero attached hydrogens (tertiary/aromatic N) is 2. The first-order chi connectivity index (χ1) is 13.9. The summed E-state index contributed by atoms with van der Waals surface area (Å²) in [5.74, 6) is 1.20. The molecule has 1 aromatic heterocycles. The van der Waals surface area contributed by atoms with Crippen LogP contribution >= 0.6 is 0 Å². The van der Waals surface area contributed by atoms with E-state index in [0.29, 0.717) is 11.6 Å². The summed E-state index contributed by atoms with van der Waals surface area (Å²) in [6.07, 6.45) is 2.56. The molecule has 0 atom stereocenters. The Kier molecular flexibility index (Phi) is 6.65. The number of alkyl halides is 3. The second kappa shape index (κ2) is 9.37. The minimum atomic E-state index is -4.32. The number of allylic oxidation sites excluding steroid dienone is 1. The number of ether oxygens (including phenoxy) is 1. The molecular weight excluding hydrogens is 377 g/mol. The summed E-state index contributed by atoms with van der Waals surface area (Å²) in [6, 6.07) is 15.1. The molecule has 3 aromatic rings. The smallest absolute Gasteiger partial charge is 0.409 e. The molecule has 0 bridgehead atoms. The summed E-state index contributed by atoms with van der Waals surface area (Å²) < 4.78 is 41.5. The van der Waals surface area contributed by atoms with Crippen LogP contribution in [0.3, 0.4) is 0 Å². The van der Waals surface area contributed by atoms with Crippen molar-refractivity contribution in [3.05, 3.63) is 78.6 Å². The van der Waals surface area contributed by atoms with E-state index in [-0.39, 0.29) is 12.7 Å². The Bertz CT molecular complexity index is 932. The first-order valence-electron chi connectivity index (χ1n) is 9.33. The largest absolute Gasteiger partial charge is 0.490 e. The lowest BCUT2D eigenvalue weighted by atomic mass is 10.0. The number of hydrogen-bond acceptors (Lipinski definition) is 3. The van der Waals surface area contributed by atoms with Crippen molar-refractivity contribution in [1.29, 1.82) is 0 Å². The van der Waals surface area contributed by atoms with Gasteiger partial charge in [0.2, 0.25) is 0 Å². The standard InChI is InChI=1S/C23H21F3N2O/c1-2-4-17-15-27-22(28-16-17)20-7-5-18(6-8-20)19-9-11-21(12-10-19)29-14-3-13-23(24,25)26/h3,5-13,15-16H,2,4,14H2,1H3/b13-3+. The van der Waals surface area contributed by atoms with Crippen LogP contribution in [0.4, 0.5) is 13.2 Å². The van der Waals surface area contributed by atoms with E-state index in [1.54, 1.807) is 12.1 Å². The van der Waals surface area contributed by atoms with Crippen molar-refractivity contribution in [3.8, 4) is 28.3 Å². The first-order valence-corrected chi connectivity index (χ1v) is 9.33. The van der Waals surface area contributed by atoms with Gasteiger partial charge in [0.25, 0.3) is 0 Å². The average Bonchev–Trinajstić information content (AvgIpc) is 2.72. The van der Waals surface area contributed by atoms with Crippen molar-refractivity contribution in [3.63, 3.8) is 0 Å². The highest BCUT2D eigenvalue weighted by Gasteiger charge is 2.21. The third-order valence-corrected chi connectivity index (χ3v) is 4.23. The van der Waals surface area contributed by atoms with E-state index in [1.807, 2.05) is 48.8 Å². The van der Waals surface area contributed by atoms with Crippen molar-refractivity contribution in [2.24, 2.45) is 0 Å². The van der Waals surface area contributed by atoms with Gasteiger partial charge >= 0.3 is 6.18 Å². The third kappa shape index (κ3) is 6.17. The van der Waals surface area contributed by atoms with Crippen molar-refractivity contribution in [2.75, 3.05) is 6.61 Å². The molecule has 0 aliphatic rings. The molecule has 0 unspecified atom stereocenters. The van der Waals surface area contributed by atoms with Crippen LogP contribution in [0.5, 0.6) is 5.75 Å². The fourth-order valence-corrected chi connectivity index (χ4v) is 2.80. The maximum absolute atomic E-state index is 12.1. The minimum absolute atomic E-state index is 0.134. The molecule has 0 saturated heterocycles. The summed E-state index contributed by atoms with van der Waals surface area (Å²) >= 11 is 0. The predicted octanol–water partition coefficient (Wildman–Crippen LogP) is 6.26. The van der Waals surface area contributed by atoms with Gasteiger partial charge < -0.3 is 4.74 Å². The molecule has 2 aromatic carbocycles. The van der Waals surface area contributed by atoms with Crippen LogP contribution < -0.4 is 4.74 Å². The van der Waals surface area contributed by atoms with Crippen molar-refractivity contribution < 1.29 is 17.9 Å². The molecule has 0 spiro atoms. The fraction of sp³-hybridized carbons (Fsp3) is 0.217. The Morgan fingerprint density at radius 1 is 0.862 bits per heavy atom. The van der Waals surface area contributed by atoms with Gasteiger partial charge in [-0.05, 0) is 41.3 Å². The van der Waals surface area contributed by atoms with Crippen LogP contribution in [-0.2, 0) is 6.42 Å². The zero-order valence-electron chi connectivity index (χ0n) is 16.0. The Morgan fingerprint density at radius 2 is 1.41 bits per heavy atom. The number of rotatable bonds is 7. The average molecular weight is 398 g/mol. The first kappa shape index (κ1) is 20.6. The normalized spacial score (nSPS) is 11.7. The summed E-state index contributed by atoms with van der Waals surface area (Å²) in [6.45, 7) is 1.99. The highest BCUT2D eigenvalue weighted by atomic mass is 19.4. The maximum atomic E-state index is 12.1. The number of aromatic nitrogens is 2. The second-order valence-electron chi connectivity index (χ2n) is 6.52. The van der Waals surface area contributed by atoms with Gasteiger partial charge in [-0.2, -0.15) is 13.2 Å². The van der Waals surface area contributed by atoms with E-state index in [0.717, 1.165) is 41.2 Å². The van der Waals surface area contributed by atoms with Crippen LogP contribution in [0.2, 0.25) is 0 Å². The van der Waals surface area contributed by atoms with Crippen molar-refractivity contribution >= 4 is 0 Å². The fourth-order valence-electron chi connectivity index (χ4n) is 2.80. The van der Waals surface area contributed by atoms with Crippen LogP contribution in [0.1, 0.15) is 18.9 Å². The lowest BCUT2D eigenvalue weighted by Crippen LogP contribution is -2.02. The van der Waals surface area contributed by atoms with Crippen molar-refractivity contribution in [1.82, 2.24) is 9.97 Å². The molecule has 0 N–H and O–H groups in total. The van der Waals surface area contributed by atoms with E-state index in [9.17, 15) is 13.2 Å². The summed E-state index contributed by atoms with van der Waals surface area (Å²) in [5.41, 5.74) is 4.06. The van der Waals surface area contributed by atoms with E-state index < -0.39 is 6.18 Å². The lowest BCUT2D eigenvalue weighted by Gasteiger charge is -2.07. The van der Waals surface area contributed by atoms with E-state index in [4.69, 9.17) is 4.74 Å². The summed E-state index contributed by atoms with van der Waals surface area (Å²) in [7, 11) is 0. The Labute approximate surface area is 167 Å². The van der Waals surface area contributed by atoms with Gasteiger partial charge in [-0.25, -0.2) is 9.97 Å². The molecule has 29 heavy (non-hydrogen) atoms. The second-order valence-corrected chi connectivity index (χ2v) is 6.52. The minimum Gasteiger partial charge on any atom is -0.490 e. The third-order valence-electron chi connectivity index (χ3n) is 4.23. The van der Waals surface area contributed by atoms with Crippen LogP contribution in [0.25, 0.3) is 22.5 Å². The van der Waals surface area contributed by atoms with Gasteiger partial charge in [0.1, 0.15) is 12.4 Å². The van der Waals surface area contributed by atoms with Crippen LogP contribution in [0.15, 0.2) is 73.1 Å². The highest BCUT2D eigenvalue weighted by molar-refractivity contribution is 5.68. The number of aryl methyl sites for hydroxylation is 1. The molecule has 1 heterocycles. The number of benzene rings is 2. The molecule has 0 saturated carbocycles. The SMILES string of the molecule is CCCc1cnc(-c2ccc(-c3ccc(OC/C=C/C(F)(F)F)cc3)cc2)nc1. The monoisotopic (exact) mass is 398 g/mol. The van der Waals surface area contributed by atoms with Gasteiger partial charge in [-0.3, -0.25) is 0 Å². The van der Waals surface area contributed by atoms with E-state index in [1.165, 1.54) is 0 Å². The quantitative estimate of drug-likeness (QED) is 0.441. The molecule has 0 radical (unpaired) electrons. The molecule has 6 heteroatoms. The molecule has 0 aliphatic carbocycles. The molecule has 3 rings (SSSR count). The molecule has 0 amide bonds. The summed E-state index contributed by atoms with van der Waals surface area (Å²) in [5, 5.41) is 0. The molecule has 0 aliphatic heterocycles. The van der Waals surface area contributed by atoms with E-state index >= 15 is 0 Å². The predicted molar refractivity (Wildman–Crippen MR) is 108 cm³/mol. The lowest BCUT2D eigenvalue weighted by molar-refractivity contribution is -0.0801. The zero-order chi connectivity index (χ0) is 20.7. The molecule has 150 valence electrons. The number of hydrogen-bond donors (Lipinski definition) is 0. The van der Waals surface area contributed by atoms with Gasteiger partial charge in [0.15, 0.2) is 5.82 Å². The van der Waals surface area contributed by atoms with Crippen LogP contribution in [0, 0.1) is 0 Å². The Morgan fingerprint density at radius 3 is 1.97 bits per heavy atom. The molecular formula is C23H21F3N2O. The Balaban J connectivity index is 1.63. The highest BCUT2D eigenvalue weighted by Crippen LogP contribution is 2.25. The Hall–Kier alpha value is -3.15. The van der Waals surface area contributed by atoms with Gasteiger partial charge in [-0.1, -0.05) is 49.7 Å². The topological polar surface area (TPSA) is 35.0 Å². The van der Waals surface area contributed by atoms with E-state index in [2.05, 4.69) is 16.9 Å². The zero-order valence-corrected chi connectivity index (χ0v) is 16.0. The molecule has 0 fully saturated rings. The van der Waals surface area contributed by atoms with Gasteiger partial charge in [0.05, 0.1) is 0 Å². The number of halogens is 3. The van der Waals surface area contributed by atoms with Gasteiger partial charge in [0, 0.05) is 24.0 Å². The van der Waals surface area contributed by atoms with Gasteiger partial charge in [-0.15, -0.1) is 0 Å². The summed E-state index contributed by atoms with van der Waals surface area (Å²) in [4.78, 5) is 8.86. The van der Waals surface area contributed by atoms with Crippen molar-refractivity contribution in [2.45, 2.75) is 25.9 Å². The maximum Gasteiger partial charge on any atom is 0.409 e.